The van der Waals surface area contributed by atoms with Crippen LogP contribution in [0.4, 0.5) is 19.0 Å². The lowest BCUT2D eigenvalue weighted by molar-refractivity contribution is -0.119. The van der Waals surface area contributed by atoms with E-state index in [0.717, 1.165) is 10.9 Å². The first-order valence-corrected chi connectivity index (χ1v) is 13.9. The number of carbonyl (C=O) groups is 1. The molecule has 194 valence electrons. The van der Waals surface area contributed by atoms with Crippen molar-refractivity contribution in [2.45, 2.75) is 74.0 Å². The van der Waals surface area contributed by atoms with Crippen LogP contribution in [-0.4, -0.2) is 48.4 Å². The van der Waals surface area contributed by atoms with Crippen LogP contribution in [0.3, 0.4) is 0 Å². The third kappa shape index (κ3) is 4.86. The predicted octanol–water partition coefficient (Wildman–Crippen LogP) is 3.15. The number of aryl methyl sites for hydroxylation is 2. The molecule has 2 aromatic heterocycles. The number of hydrogen-bond acceptors (Lipinski definition) is 7. The molecule has 2 unspecified atom stereocenters. The molecule has 0 saturated heterocycles. The number of nitrogens with one attached hydrogen (secondary N) is 1. The molecule has 2 aromatic rings. The number of rotatable bonds is 8. The van der Waals surface area contributed by atoms with Gasteiger partial charge in [0.25, 0.3) is 6.43 Å². The smallest absolute Gasteiger partial charge is 0.282 e. The monoisotopic (exact) mass is 542 g/mol. The summed E-state index contributed by atoms with van der Waals surface area (Å²) in [6, 6.07) is 2.93. The fourth-order valence-electron chi connectivity index (χ4n) is 4.78. The number of thiophene rings is 1. The fraction of sp³-hybridized carbons (Fsp3) is 0.591. The number of alkyl halides is 3. The van der Waals surface area contributed by atoms with Gasteiger partial charge in [-0.05, 0) is 44.1 Å². The van der Waals surface area contributed by atoms with Gasteiger partial charge >= 0.3 is 0 Å². The van der Waals surface area contributed by atoms with E-state index in [9.17, 15) is 26.4 Å². The highest BCUT2D eigenvalue weighted by Gasteiger charge is 2.48. The zero-order valence-corrected chi connectivity index (χ0v) is 21.0. The number of nitrogens with zero attached hydrogens (tertiary/aromatic N) is 4. The standard InChI is InChI=1S/C22H25F3N6O3S2/c1-31-18(8-16(29-31)21(24)25)28-9-27-11-2-3-17-15(6-11)20(19(35-17)13-7-14(13)22(26)32)36(33,34)30-12-4-10(23)5-12/h8,10-14,21,30H,2-7H2,1H3,(H2,26,32)/t10-,11-,12+,13?,14?/m0/s1. The zero-order chi connectivity index (χ0) is 25.8. The quantitative estimate of drug-likeness (QED) is 0.496. The van der Waals surface area contributed by atoms with Crippen LogP contribution in [0.5, 0.6) is 0 Å². The van der Waals surface area contributed by atoms with E-state index in [1.165, 1.54) is 23.1 Å². The van der Waals surface area contributed by atoms with Gasteiger partial charge in [0.1, 0.15) is 11.9 Å². The Kier molecular flexibility index (Phi) is 6.56. The first-order valence-electron chi connectivity index (χ1n) is 11.6. The summed E-state index contributed by atoms with van der Waals surface area (Å²) in [5.41, 5.74) is 5.72. The number of halogens is 3. The van der Waals surface area contributed by atoms with Crippen LogP contribution in [0.25, 0.3) is 0 Å². The largest absolute Gasteiger partial charge is 0.369 e. The molecule has 2 saturated carbocycles. The van der Waals surface area contributed by atoms with Crippen molar-refractivity contribution in [2.24, 2.45) is 28.7 Å². The topological polar surface area (TPSA) is 132 Å². The van der Waals surface area contributed by atoms with E-state index in [0.29, 0.717) is 36.1 Å². The van der Waals surface area contributed by atoms with Crippen LogP contribution in [0.2, 0.25) is 0 Å². The van der Waals surface area contributed by atoms with Crippen molar-refractivity contribution in [2.75, 3.05) is 0 Å². The molecular weight excluding hydrogens is 517 g/mol. The van der Waals surface area contributed by atoms with Crippen molar-refractivity contribution in [1.29, 1.82) is 0 Å². The minimum Gasteiger partial charge on any atom is -0.369 e. The number of aromatic nitrogens is 2. The average Bonchev–Trinajstić information content (AvgIpc) is 3.37. The van der Waals surface area contributed by atoms with E-state index in [4.69, 9.17) is 5.73 Å². The molecular formula is C22H25F3N6O3S2. The molecule has 3 atom stereocenters. The molecule has 1 amide bonds. The molecule has 36 heavy (non-hydrogen) atoms. The predicted molar refractivity (Wildman–Crippen MR) is 126 cm³/mol. The molecule has 0 bridgehead atoms. The van der Waals surface area contributed by atoms with E-state index in [-0.39, 0.29) is 35.5 Å². The van der Waals surface area contributed by atoms with Gasteiger partial charge in [-0.1, -0.05) is 0 Å². The highest BCUT2D eigenvalue weighted by molar-refractivity contribution is 7.89. The SMILES string of the molecule is Cn1nc(C(F)F)cc1N=C=N[C@H]1CCc2sc(C3CC3C(N)=O)c(S(=O)(=O)N[C@H]3C[C@@H](F)C3)c2C1. The van der Waals surface area contributed by atoms with Gasteiger partial charge < -0.3 is 5.73 Å². The average molecular weight is 543 g/mol. The van der Waals surface area contributed by atoms with Gasteiger partial charge in [0, 0.05) is 40.7 Å². The van der Waals surface area contributed by atoms with Crippen molar-refractivity contribution < 1.29 is 26.4 Å². The molecule has 14 heteroatoms. The van der Waals surface area contributed by atoms with Crippen LogP contribution in [0.1, 0.15) is 59.0 Å². The Morgan fingerprint density at radius 2 is 2.11 bits per heavy atom. The summed E-state index contributed by atoms with van der Waals surface area (Å²) in [5, 5.41) is 3.69. The summed E-state index contributed by atoms with van der Waals surface area (Å²) >= 11 is 1.39. The Morgan fingerprint density at radius 3 is 2.72 bits per heavy atom. The molecule has 0 aliphatic heterocycles. The number of sulfonamides is 1. The Morgan fingerprint density at radius 1 is 1.36 bits per heavy atom. The minimum absolute atomic E-state index is 0.138. The molecule has 2 fully saturated rings. The number of amides is 1. The summed E-state index contributed by atoms with van der Waals surface area (Å²) in [6.07, 6.45) is -1.40. The second kappa shape index (κ2) is 9.40. The fourth-order valence-corrected chi connectivity index (χ4v) is 8.42. The molecule has 9 nitrogen and oxygen atoms in total. The summed E-state index contributed by atoms with van der Waals surface area (Å²) in [5.74, 6) is -0.909. The van der Waals surface area contributed by atoms with Gasteiger partial charge in [0.15, 0.2) is 5.82 Å². The molecule has 3 N–H and O–H groups in total. The number of fused-ring (bicyclic) bond motifs is 1. The van der Waals surface area contributed by atoms with E-state index in [1.807, 2.05) is 0 Å². The van der Waals surface area contributed by atoms with Crippen LogP contribution >= 0.6 is 11.3 Å². The Balaban J connectivity index is 1.42. The van der Waals surface area contributed by atoms with E-state index >= 15 is 0 Å². The molecule has 0 spiro atoms. The maximum atomic E-state index is 13.4. The first-order chi connectivity index (χ1) is 17.0. The molecule has 3 aliphatic carbocycles. The number of nitrogens with two attached hydrogens (primary N) is 1. The highest BCUT2D eigenvalue weighted by Crippen LogP contribution is 2.54. The normalized spacial score (nSPS) is 27.2. The third-order valence-corrected chi connectivity index (χ3v) is 10.1. The van der Waals surface area contributed by atoms with E-state index < -0.39 is 46.2 Å². The Labute approximate surface area is 209 Å². The van der Waals surface area contributed by atoms with Crippen LogP contribution in [0.15, 0.2) is 20.9 Å². The lowest BCUT2D eigenvalue weighted by Gasteiger charge is -2.30. The molecule has 0 aromatic carbocycles. The van der Waals surface area contributed by atoms with Crippen LogP contribution in [0, 0.1) is 5.92 Å². The number of aliphatic imine (C=N–C) groups is 2. The number of hydrogen-bond donors (Lipinski definition) is 2. The third-order valence-electron chi connectivity index (χ3n) is 6.88. The van der Waals surface area contributed by atoms with Gasteiger partial charge in [0.2, 0.25) is 15.9 Å². The first kappa shape index (κ1) is 25.1. The molecule has 2 heterocycles. The van der Waals surface area contributed by atoms with Gasteiger partial charge in [-0.15, -0.1) is 11.3 Å². The zero-order valence-electron chi connectivity index (χ0n) is 19.3. The maximum Gasteiger partial charge on any atom is 0.282 e. The maximum absolute atomic E-state index is 13.4. The van der Waals surface area contributed by atoms with Crippen molar-refractivity contribution in [3.05, 3.63) is 27.1 Å². The summed E-state index contributed by atoms with van der Waals surface area (Å²) in [6.45, 7) is 0. The molecule has 0 radical (unpaired) electrons. The van der Waals surface area contributed by atoms with Crippen molar-refractivity contribution in [3.8, 4) is 0 Å². The minimum atomic E-state index is -3.95. The lowest BCUT2D eigenvalue weighted by Crippen LogP contribution is -2.45. The van der Waals surface area contributed by atoms with Gasteiger partial charge in [-0.25, -0.2) is 36.0 Å². The summed E-state index contributed by atoms with van der Waals surface area (Å²) in [7, 11) is -2.46. The van der Waals surface area contributed by atoms with E-state index in [2.05, 4.69) is 25.8 Å². The Bertz CT molecular complexity index is 1360. The van der Waals surface area contributed by atoms with Gasteiger partial charge in [-0.2, -0.15) is 10.1 Å². The van der Waals surface area contributed by atoms with Crippen LogP contribution < -0.4 is 10.5 Å². The van der Waals surface area contributed by atoms with Crippen molar-refractivity contribution >= 4 is 39.1 Å². The number of primary amides is 1. The molecule has 3 aliphatic rings. The number of carbonyl (C=O) groups excluding carboxylic acids is 1. The van der Waals surface area contributed by atoms with E-state index in [1.54, 1.807) is 0 Å². The molecule has 5 rings (SSSR count). The second-order valence-electron chi connectivity index (χ2n) is 9.52. The summed E-state index contributed by atoms with van der Waals surface area (Å²) in [4.78, 5) is 21.8. The highest BCUT2D eigenvalue weighted by atomic mass is 32.2. The second-order valence-corrected chi connectivity index (χ2v) is 12.3. The van der Waals surface area contributed by atoms with Gasteiger partial charge in [0.05, 0.1) is 16.9 Å². The van der Waals surface area contributed by atoms with Gasteiger partial charge in [-0.3, -0.25) is 4.79 Å². The van der Waals surface area contributed by atoms with Crippen LogP contribution in [-0.2, 0) is 34.7 Å². The van der Waals surface area contributed by atoms with Crippen molar-refractivity contribution in [1.82, 2.24) is 14.5 Å². The van der Waals surface area contributed by atoms with Crippen molar-refractivity contribution in [3.63, 3.8) is 0 Å². The Hall–Kier alpha value is -2.54. The summed E-state index contributed by atoms with van der Waals surface area (Å²) < 4.78 is 69.7. The lowest BCUT2D eigenvalue weighted by atomic mass is 9.92.